The number of likely N-dealkylation sites (N-methyl/N-ethyl adjacent to an activating group) is 1. The molecule has 0 saturated carbocycles. The van der Waals surface area contributed by atoms with E-state index in [2.05, 4.69) is 14.5 Å². The molecule has 1 aliphatic heterocycles. The fourth-order valence-corrected chi connectivity index (χ4v) is 2.93. The van der Waals surface area contributed by atoms with Crippen molar-refractivity contribution >= 4 is 5.91 Å². The van der Waals surface area contributed by atoms with E-state index in [1.807, 2.05) is 18.5 Å². The Morgan fingerprint density at radius 3 is 3.08 bits per heavy atom. The number of aromatic nitrogens is 2. The zero-order valence-electron chi connectivity index (χ0n) is 14.2. The average Bonchev–Trinajstić information content (AvgIpc) is 3.16. The van der Waals surface area contributed by atoms with E-state index >= 15 is 0 Å². The second kappa shape index (κ2) is 7.63. The van der Waals surface area contributed by atoms with Crippen molar-refractivity contribution < 1.29 is 13.9 Å². The van der Waals surface area contributed by atoms with Crippen LogP contribution in [0.2, 0.25) is 0 Å². The molecule has 0 aromatic carbocycles. The van der Waals surface area contributed by atoms with Crippen molar-refractivity contribution in [3.8, 4) is 0 Å². The molecule has 0 radical (unpaired) electrons. The Balaban J connectivity index is 1.62. The van der Waals surface area contributed by atoms with Crippen molar-refractivity contribution in [1.82, 2.24) is 19.4 Å². The van der Waals surface area contributed by atoms with E-state index in [0.29, 0.717) is 12.5 Å². The van der Waals surface area contributed by atoms with Gasteiger partial charge in [0.05, 0.1) is 25.7 Å². The molecule has 2 aromatic rings. The van der Waals surface area contributed by atoms with Crippen LogP contribution < -0.4 is 0 Å². The van der Waals surface area contributed by atoms with Gasteiger partial charge in [0, 0.05) is 57.6 Å². The van der Waals surface area contributed by atoms with Crippen molar-refractivity contribution in [3.63, 3.8) is 0 Å². The highest BCUT2D eigenvalue weighted by Gasteiger charge is 2.23. The summed E-state index contributed by atoms with van der Waals surface area (Å²) in [6.07, 6.45) is 7.32. The smallest absolute Gasteiger partial charge is 0.248 e. The molecule has 0 fully saturated rings. The third-order valence-electron chi connectivity index (χ3n) is 4.20. The molecule has 1 atom stereocenters. The summed E-state index contributed by atoms with van der Waals surface area (Å²) >= 11 is 0. The molecule has 1 amide bonds. The zero-order valence-corrected chi connectivity index (χ0v) is 14.2. The van der Waals surface area contributed by atoms with Gasteiger partial charge in [-0.1, -0.05) is 0 Å². The first-order valence-electron chi connectivity index (χ1n) is 8.13. The van der Waals surface area contributed by atoms with Gasteiger partial charge >= 0.3 is 0 Å². The van der Waals surface area contributed by atoms with Crippen LogP contribution in [0, 0.1) is 5.92 Å². The lowest BCUT2D eigenvalue weighted by Crippen LogP contribution is -2.32. The quantitative estimate of drug-likeness (QED) is 0.796. The molecule has 0 unspecified atom stereocenters. The minimum Gasteiger partial charge on any atom is -0.472 e. The fourth-order valence-electron chi connectivity index (χ4n) is 2.93. The summed E-state index contributed by atoms with van der Waals surface area (Å²) in [5.41, 5.74) is 1.15. The molecule has 1 aliphatic rings. The standard InChI is InChI=1S/C17H24N4O3/c1-19(2)17(22)13-24-12-15-8-20(7-14-3-6-23-11-14)10-16-18-4-5-21(16)9-15/h3-6,11,15H,7-10,12-13H2,1-2H3/t15-/m1/s1. The predicted molar refractivity (Wildman–Crippen MR) is 88.1 cm³/mol. The zero-order chi connectivity index (χ0) is 16.9. The van der Waals surface area contributed by atoms with E-state index in [-0.39, 0.29) is 12.5 Å². The van der Waals surface area contributed by atoms with Gasteiger partial charge in [-0.15, -0.1) is 0 Å². The largest absolute Gasteiger partial charge is 0.472 e. The molecule has 0 spiro atoms. The van der Waals surface area contributed by atoms with Crippen LogP contribution in [0.3, 0.4) is 0 Å². The van der Waals surface area contributed by atoms with Gasteiger partial charge in [-0.3, -0.25) is 9.69 Å². The lowest BCUT2D eigenvalue weighted by atomic mass is 10.1. The number of fused-ring (bicyclic) bond motifs is 1. The number of hydrogen-bond donors (Lipinski definition) is 0. The Kier molecular flexibility index (Phi) is 5.32. The van der Waals surface area contributed by atoms with E-state index < -0.39 is 0 Å². The normalized spacial score (nSPS) is 18.2. The van der Waals surface area contributed by atoms with Gasteiger partial charge in [0.1, 0.15) is 12.4 Å². The number of imidazole rings is 1. The highest BCUT2D eigenvalue weighted by Crippen LogP contribution is 2.18. The van der Waals surface area contributed by atoms with Gasteiger partial charge in [-0.05, 0) is 6.07 Å². The maximum atomic E-state index is 11.7. The Labute approximate surface area is 141 Å². The molecule has 3 rings (SSSR count). The van der Waals surface area contributed by atoms with E-state index in [0.717, 1.165) is 37.6 Å². The number of amides is 1. The Morgan fingerprint density at radius 2 is 2.33 bits per heavy atom. The van der Waals surface area contributed by atoms with Crippen LogP contribution in [0.25, 0.3) is 0 Å². The van der Waals surface area contributed by atoms with Crippen LogP contribution in [0.15, 0.2) is 35.4 Å². The van der Waals surface area contributed by atoms with Crippen molar-refractivity contribution in [2.45, 2.75) is 19.6 Å². The molecule has 0 N–H and O–H groups in total. The molecule has 7 heteroatoms. The predicted octanol–water partition coefficient (Wildman–Crippen LogP) is 1.21. The van der Waals surface area contributed by atoms with Crippen molar-refractivity contribution in [2.24, 2.45) is 5.92 Å². The average molecular weight is 332 g/mol. The third-order valence-corrected chi connectivity index (χ3v) is 4.20. The van der Waals surface area contributed by atoms with Crippen LogP contribution in [-0.2, 0) is 29.2 Å². The van der Waals surface area contributed by atoms with Gasteiger partial charge in [-0.25, -0.2) is 4.98 Å². The number of rotatable bonds is 6. The highest BCUT2D eigenvalue weighted by molar-refractivity contribution is 5.76. The molecular formula is C17H24N4O3. The number of ether oxygens (including phenoxy) is 1. The van der Waals surface area contributed by atoms with Gasteiger partial charge < -0.3 is 18.6 Å². The highest BCUT2D eigenvalue weighted by atomic mass is 16.5. The second-order valence-corrected chi connectivity index (χ2v) is 6.47. The van der Waals surface area contributed by atoms with Gasteiger partial charge in [0.2, 0.25) is 5.91 Å². The molecule has 0 saturated heterocycles. The summed E-state index contributed by atoms with van der Waals surface area (Å²) in [4.78, 5) is 20.0. The maximum Gasteiger partial charge on any atom is 0.248 e. The first-order valence-corrected chi connectivity index (χ1v) is 8.13. The number of nitrogens with zero attached hydrogens (tertiary/aromatic N) is 4. The first-order chi connectivity index (χ1) is 11.6. The van der Waals surface area contributed by atoms with Crippen LogP contribution in [0.1, 0.15) is 11.4 Å². The molecular weight excluding hydrogens is 308 g/mol. The minimum absolute atomic E-state index is 0.0119. The van der Waals surface area contributed by atoms with E-state index in [1.165, 1.54) is 0 Å². The molecule has 3 heterocycles. The van der Waals surface area contributed by atoms with Crippen molar-refractivity contribution in [1.29, 1.82) is 0 Å². The Morgan fingerprint density at radius 1 is 1.46 bits per heavy atom. The summed E-state index contributed by atoms with van der Waals surface area (Å²) in [7, 11) is 3.48. The summed E-state index contributed by atoms with van der Waals surface area (Å²) in [5.74, 6) is 1.36. The van der Waals surface area contributed by atoms with Crippen LogP contribution in [0.5, 0.6) is 0 Å². The van der Waals surface area contributed by atoms with Crippen LogP contribution in [-0.4, -0.2) is 59.1 Å². The van der Waals surface area contributed by atoms with Crippen LogP contribution >= 0.6 is 0 Å². The molecule has 0 aliphatic carbocycles. The molecule has 2 aromatic heterocycles. The Hall–Kier alpha value is -2.12. The molecule has 0 bridgehead atoms. The topological polar surface area (TPSA) is 63.7 Å². The lowest BCUT2D eigenvalue weighted by molar-refractivity contribution is -0.134. The van der Waals surface area contributed by atoms with Crippen LogP contribution in [0.4, 0.5) is 0 Å². The van der Waals surface area contributed by atoms with E-state index in [9.17, 15) is 4.79 Å². The SMILES string of the molecule is CN(C)C(=O)COC[C@@H]1CN(Cc2ccoc2)Cc2nccn2C1. The lowest BCUT2D eigenvalue weighted by Gasteiger charge is -2.23. The number of hydrogen-bond acceptors (Lipinski definition) is 5. The van der Waals surface area contributed by atoms with Gasteiger partial charge in [0.15, 0.2) is 0 Å². The van der Waals surface area contributed by atoms with Gasteiger partial charge in [0.25, 0.3) is 0 Å². The summed E-state index contributed by atoms with van der Waals surface area (Å²) in [5, 5.41) is 0. The third kappa shape index (κ3) is 4.24. The van der Waals surface area contributed by atoms with Crippen molar-refractivity contribution in [3.05, 3.63) is 42.4 Å². The van der Waals surface area contributed by atoms with E-state index in [4.69, 9.17) is 9.15 Å². The molecule has 7 nitrogen and oxygen atoms in total. The number of furan rings is 1. The second-order valence-electron chi connectivity index (χ2n) is 6.47. The monoisotopic (exact) mass is 332 g/mol. The number of carbonyl (C=O) groups excluding carboxylic acids is 1. The fraction of sp³-hybridized carbons (Fsp3) is 0.529. The molecule has 24 heavy (non-hydrogen) atoms. The number of carbonyl (C=O) groups is 1. The summed E-state index contributed by atoms with van der Waals surface area (Å²) < 4.78 is 13.0. The summed E-state index contributed by atoms with van der Waals surface area (Å²) in [6, 6.07) is 1.98. The summed E-state index contributed by atoms with van der Waals surface area (Å²) in [6.45, 7) is 4.04. The molecule has 130 valence electrons. The van der Waals surface area contributed by atoms with Gasteiger partial charge in [-0.2, -0.15) is 0 Å². The Bertz CT molecular complexity index is 651. The first kappa shape index (κ1) is 16.7. The van der Waals surface area contributed by atoms with E-state index in [1.54, 1.807) is 31.5 Å². The maximum absolute atomic E-state index is 11.7. The minimum atomic E-state index is -0.0119. The van der Waals surface area contributed by atoms with Crippen molar-refractivity contribution in [2.75, 3.05) is 33.9 Å².